The van der Waals surface area contributed by atoms with Gasteiger partial charge in [-0.15, -0.1) is 0 Å². The number of amides is 2. The third kappa shape index (κ3) is 8.57. The number of rotatable bonds is 5. The molecule has 0 saturated heterocycles. The Morgan fingerprint density at radius 2 is 1.70 bits per heavy atom. The molecule has 1 aromatic heterocycles. The van der Waals surface area contributed by atoms with Gasteiger partial charge >= 0.3 is 16.5 Å². The van der Waals surface area contributed by atoms with E-state index in [0.717, 1.165) is 5.56 Å². The first-order valence-electron chi connectivity index (χ1n) is 9.28. The molecule has 0 atom stereocenters. The first-order chi connectivity index (χ1) is 15.6. The van der Waals surface area contributed by atoms with E-state index in [4.69, 9.17) is 28.0 Å². The van der Waals surface area contributed by atoms with Gasteiger partial charge < -0.3 is 15.8 Å². The lowest BCUT2D eigenvalue weighted by atomic mass is 10.1. The average molecular weight is 474 g/mol. The highest BCUT2D eigenvalue weighted by molar-refractivity contribution is 7.79. The van der Waals surface area contributed by atoms with Crippen LogP contribution in [0.1, 0.15) is 15.9 Å². The summed E-state index contributed by atoms with van der Waals surface area (Å²) in [7, 11) is -3.34. The van der Waals surface area contributed by atoms with Gasteiger partial charge in [-0.2, -0.15) is 8.42 Å². The van der Waals surface area contributed by atoms with Crippen molar-refractivity contribution in [3.8, 4) is 0 Å². The number of nitrogen functional groups attached to an aromatic ring is 1. The van der Waals surface area contributed by atoms with E-state index in [1.807, 2.05) is 0 Å². The highest BCUT2D eigenvalue weighted by Crippen LogP contribution is 2.20. The van der Waals surface area contributed by atoms with Crippen molar-refractivity contribution in [2.75, 3.05) is 23.1 Å². The number of hydrogen-bond donors (Lipinski definition) is 4. The minimum atomic E-state index is -4.67. The lowest BCUT2D eigenvalue weighted by Crippen LogP contribution is -2.30. The van der Waals surface area contributed by atoms with Crippen LogP contribution in [0, 0.1) is 0 Å². The second-order valence-corrected chi connectivity index (χ2v) is 7.35. The minimum Gasteiger partial charge on any atom is -0.452 e. The van der Waals surface area contributed by atoms with Gasteiger partial charge in [0.05, 0.1) is 36.9 Å². The molecule has 3 aromatic rings. The maximum absolute atomic E-state index is 12.4. The molecule has 2 amide bonds. The molecule has 0 spiro atoms. The summed E-state index contributed by atoms with van der Waals surface area (Å²) in [5.41, 5.74) is 8.85. The summed E-state index contributed by atoms with van der Waals surface area (Å²) in [6.45, 7) is 0.284. The number of benzene rings is 2. The summed E-state index contributed by atoms with van der Waals surface area (Å²) in [5.74, 6) is -0.262. The fraction of sp³-hybridized carbons (Fsp3) is 0.0952. The molecule has 5 N–H and O–H groups in total. The van der Waals surface area contributed by atoms with Crippen molar-refractivity contribution in [1.29, 1.82) is 0 Å². The number of carbonyl (C=O) groups excluding carboxylic acids is 2. The van der Waals surface area contributed by atoms with E-state index >= 15 is 0 Å². The van der Waals surface area contributed by atoms with E-state index in [2.05, 4.69) is 10.3 Å². The summed E-state index contributed by atoms with van der Waals surface area (Å²) < 4.78 is 36.4. The van der Waals surface area contributed by atoms with Crippen LogP contribution in [0.25, 0.3) is 0 Å². The maximum atomic E-state index is 12.4. The van der Waals surface area contributed by atoms with Crippen LogP contribution in [-0.4, -0.2) is 41.6 Å². The summed E-state index contributed by atoms with van der Waals surface area (Å²) in [4.78, 5) is 30.0. The van der Waals surface area contributed by atoms with Crippen LogP contribution < -0.4 is 16.0 Å². The molecule has 33 heavy (non-hydrogen) atoms. The number of carbonyl (C=O) groups is 2. The first kappa shape index (κ1) is 25.3. The van der Waals surface area contributed by atoms with Gasteiger partial charge in [0.25, 0.3) is 5.91 Å². The van der Waals surface area contributed by atoms with E-state index in [-0.39, 0.29) is 12.5 Å². The molecule has 0 aliphatic carbocycles. The molecule has 1 heterocycles. The number of pyridine rings is 1. The number of aromatic nitrogens is 1. The molecule has 0 bridgehead atoms. The van der Waals surface area contributed by atoms with Crippen LogP contribution in [0.15, 0.2) is 73.1 Å². The summed E-state index contributed by atoms with van der Waals surface area (Å²) >= 11 is 0. The van der Waals surface area contributed by atoms with Crippen molar-refractivity contribution < 1.29 is 31.8 Å². The number of nitrogens with zero attached hydrogens (tertiary/aromatic N) is 2. The predicted octanol–water partition coefficient (Wildman–Crippen LogP) is 3.04. The first-order valence-corrected chi connectivity index (χ1v) is 10.7. The molecule has 0 radical (unpaired) electrons. The van der Waals surface area contributed by atoms with Crippen LogP contribution in [0.4, 0.5) is 21.9 Å². The molecule has 12 heteroatoms. The largest absolute Gasteiger partial charge is 0.452 e. The molecule has 0 aliphatic rings. The number of anilines is 3. The van der Waals surface area contributed by atoms with Crippen molar-refractivity contribution in [2.45, 2.75) is 6.54 Å². The topological polar surface area (TPSA) is 172 Å². The normalized spacial score (nSPS) is 10.4. The van der Waals surface area contributed by atoms with E-state index < -0.39 is 16.5 Å². The van der Waals surface area contributed by atoms with Gasteiger partial charge in [0, 0.05) is 11.8 Å². The van der Waals surface area contributed by atoms with Crippen LogP contribution in [0.5, 0.6) is 0 Å². The smallest absolute Gasteiger partial charge is 0.414 e. The van der Waals surface area contributed by atoms with Gasteiger partial charge in [-0.05, 0) is 42.0 Å². The highest BCUT2D eigenvalue weighted by atomic mass is 32.3. The quantitative estimate of drug-likeness (QED) is 0.320. The molecular weight excluding hydrogens is 452 g/mol. The Bertz CT molecular complexity index is 1180. The van der Waals surface area contributed by atoms with Gasteiger partial charge in [0.1, 0.15) is 0 Å². The molecule has 3 rings (SSSR count). The zero-order valence-corrected chi connectivity index (χ0v) is 18.3. The standard InChI is InChI=1S/C21H20N4O3.H2O4S/c1-28-21(27)25(17-5-4-12-23-13-17)14-15-8-10-16(11-9-15)20(26)24-19-7-3-2-6-18(19)22;1-5(2,3)4/h2-13H,14,22H2,1H3,(H,24,26);(H2,1,2,3,4). The lowest BCUT2D eigenvalue weighted by Gasteiger charge is -2.21. The van der Waals surface area contributed by atoms with E-state index in [1.54, 1.807) is 73.1 Å². The Kier molecular flexibility index (Phi) is 8.86. The lowest BCUT2D eigenvalue weighted by molar-refractivity contribution is 0.102. The Labute approximate surface area is 190 Å². The second-order valence-electron chi connectivity index (χ2n) is 6.45. The zero-order chi connectivity index (χ0) is 24.4. The monoisotopic (exact) mass is 474 g/mol. The third-order valence-electron chi connectivity index (χ3n) is 4.12. The molecule has 2 aromatic carbocycles. The number of nitrogens with two attached hydrogens (primary N) is 1. The molecule has 0 unspecified atom stereocenters. The summed E-state index contributed by atoms with van der Waals surface area (Å²) in [6.07, 6.45) is 2.73. The van der Waals surface area contributed by atoms with E-state index in [9.17, 15) is 9.59 Å². The van der Waals surface area contributed by atoms with Gasteiger partial charge in [0.15, 0.2) is 0 Å². The number of para-hydroxylation sites is 2. The number of hydrogen-bond acceptors (Lipinski definition) is 7. The molecule has 0 fully saturated rings. The third-order valence-corrected chi connectivity index (χ3v) is 4.12. The van der Waals surface area contributed by atoms with Crippen molar-refractivity contribution in [2.24, 2.45) is 0 Å². The molecule has 0 saturated carbocycles. The molecule has 0 aliphatic heterocycles. The number of ether oxygens (including phenoxy) is 1. The Morgan fingerprint density at radius 1 is 1.06 bits per heavy atom. The van der Waals surface area contributed by atoms with Gasteiger partial charge in [0.2, 0.25) is 0 Å². The molecule has 11 nitrogen and oxygen atoms in total. The fourth-order valence-electron chi connectivity index (χ4n) is 2.63. The Balaban J connectivity index is 0.000000696. The maximum Gasteiger partial charge on any atom is 0.414 e. The number of nitrogens with one attached hydrogen (secondary N) is 1. The van der Waals surface area contributed by atoms with Gasteiger partial charge in [-0.25, -0.2) is 4.79 Å². The van der Waals surface area contributed by atoms with Crippen LogP contribution in [-0.2, 0) is 21.7 Å². The fourth-order valence-corrected chi connectivity index (χ4v) is 2.63. The summed E-state index contributed by atoms with van der Waals surface area (Å²) in [6, 6.07) is 17.5. The van der Waals surface area contributed by atoms with E-state index in [0.29, 0.717) is 22.6 Å². The van der Waals surface area contributed by atoms with Crippen molar-refractivity contribution >= 4 is 39.5 Å². The predicted molar refractivity (Wildman–Crippen MR) is 122 cm³/mol. The van der Waals surface area contributed by atoms with Crippen molar-refractivity contribution in [1.82, 2.24) is 4.98 Å². The SMILES string of the molecule is COC(=O)N(Cc1ccc(C(=O)Nc2ccccc2N)cc1)c1cccnc1.O=S(=O)(O)O. The van der Waals surface area contributed by atoms with Gasteiger partial charge in [-0.3, -0.25) is 23.8 Å². The summed E-state index contributed by atoms with van der Waals surface area (Å²) in [5, 5.41) is 2.78. The molecule has 174 valence electrons. The zero-order valence-electron chi connectivity index (χ0n) is 17.5. The van der Waals surface area contributed by atoms with Crippen molar-refractivity contribution in [3.63, 3.8) is 0 Å². The second kappa shape index (κ2) is 11.6. The van der Waals surface area contributed by atoms with Gasteiger partial charge in [-0.1, -0.05) is 24.3 Å². The number of methoxy groups -OCH3 is 1. The van der Waals surface area contributed by atoms with Crippen LogP contribution in [0.3, 0.4) is 0 Å². The highest BCUT2D eigenvalue weighted by Gasteiger charge is 2.17. The van der Waals surface area contributed by atoms with E-state index in [1.165, 1.54) is 12.0 Å². The van der Waals surface area contributed by atoms with Crippen molar-refractivity contribution in [3.05, 3.63) is 84.2 Å². The Morgan fingerprint density at radius 3 is 2.24 bits per heavy atom. The Hall–Kier alpha value is -4.00. The van der Waals surface area contributed by atoms with Crippen LogP contribution >= 0.6 is 0 Å². The van der Waals surface area contributed by atoms with Crippen LogP contribution in [0.2, 0.25) is 0 Å². The molecular formula is C21H22N4O7S. The minimum absolute atomic E-state index is 0.262. The average Bonchev–Trinajstić information content (AvgIpc) is 2.78.